The van der Waals surface area contributed by atoms with Gasteiger partial charge in [-0.1, -0.05) is 13.8 Å². The number of carbonyl (C=O) groups is 1. The molecule has 1 rings (SSSR count). The summed E-state index contributed by atoms with van der Waals surface area (Å²) < 4.78 is 0. The lowest BCUT2D eigenvalue weighted by atomic mass is 9.71. The fraction of sp³-hybridized carbons (Fsp3) is 0.900. The fourth-order valence-electron chi connectivity index (χ4n) is 2.67. The summed E-state index contributed by atoms with van der Waals surface area (Å²) in [4.78, 5) is 10.8. The summed E-state index contributed by atoms with van der Waals surface area (Å²) in [5.74, 6) is 0.179. The maximum absolute atomic E-state index is 10.8. The van der Waals surface area contributed by atoms with Crippen LogP contribution < -0.4 is 5.73 Å². The minimum Gasteiger partial charge on any atom is -0.481 e. The van der Waals surface area contributed by atoms with Crippen molar-refractivity contribution in [3.63, 3.8) is 0 Å². The Balaban J connectivity index is 2.82. The van der Waals surface area contributed by atoms with E-state index in [1.807, 2.05) is 0 Å². The Morgan fingerprint density at radius 1 is 1.46 bits per heavy atom. The molecule has 76 valence electrons. The van der Waals surface area contributed by atoms with E-state index >= 15 is 0 Å². The highest BCUT2D eigenvalue weighted by atomic mass is 16.4. The molecule has 2 atom stereocenters. The number of carboxylic acids is 1. The molecule has 13 heavy (non-hydrogen) atoms. The molecule has 3 N–H and O–H groups in total. The molecule has 0 aromatic carbocycles. The number of hydrogen-bond donors (Lipinski definition) is 2. The van der Waals surface area contributed by atoms with E-state index in [2.05, 4.69) is 13.8 Å². The van der Waals surface area contributed by atoms with Gasteiger partial charge < -0.3 is 10.8 Å². The van der Waals surface area contributed by atoms with Gasteiger partial charge in [-0.2, -0.15) is 0 Å². The zero-order chi connectivity index (χ0) is 10.1. The first kappa shape index (κ1) is 10.5. The second-order valence-electron chi connectivity index (χ2n) is 4.39. The van der Waals surface area contributed by atoms with Crippen molar-refractivity contribution < 1.29 is 9.90 Å². The third-order valence-electron chi connectivity index (χ3n) is 3.86. The van der Waals surface area contributed by atoms with E-state index in [4.69, 9.17) is 10.8 Å². The summed E-state index contributed by atoms with van der Waals surface area (Å²) in [6.07, 6.45) is 2.46. The number of hydrogen-bond acceptors (Lipinski definition) is 2. The first-order valence-electron chi connectivity index (χ1n) is 4.95. The van der Waals surface area contributed by atoms with Crippen LogP contribution in [0.3, 0.4) is 0 Å². The molecule has 0 aliphatic heterocycles. The second kappa shape index (κ2) is 3.66. The predicted octanol–water partition coefficient (Wildman–Crippen LogP) is 1.47. The molecule has 1 fully saturated rings. The molecule has 1 aliphatic carbocycles. The molecule has 0 spiro atoms. The van der Waals surface area contributed by atoms with Crippen LogP contribution in [0.1, 0.15) is 33.1 Å². The first-order valence-corrected chi connectivity index (χ1v) is 4.95. The maximum atomic E-state index is 10.8. The average molecular weight is 185 g/mol. The van der Waals surface area contributed by atoms with Crippen LogP contribution in [-0.4, -0.2) is 17.6 Å². The highest BCUT2D eigenvalue weighted by Crippen LogP contribution is 2.49. The third kappa shape index (κ3) is 1.70. The number of aliphatic carboxylic acids is 1. The van der Waals surface area contributed by atoms with Crippen LogP contribution in [0.25, 0.3) is 0 Å². The smallest absolute Gasteiger partial charge is 0.303 e. The molecule has 0 radical (unpaired) electrons. The molecule has 0 bridgehead atoms. The maximum Gasteiger partial charge on any atom is 0.303 e. The summed E-state index contributed by atoms with van der Waals surface area (Å²) >= 11 is 0. The Morgan fingerprint density at radius 2 is 1.92 bits per heavy atom. The van der Waals surface area contributed by atoms with Crippen molar-refractivity contribution in [2.75, 3.05) is 6.54 Å². The zero-order valence-corrected chi connectivity index (χ0v) is 8.42. The van der Waals surface area contributed by atoms with Crippen LogP contribution in [0.5, 0.6) is 0 Å². The standard InChI is InChI=1S/C10H19NO2/c1-7-3-4-8(2)10(7,6-11)5-9(12)13/h7-8H,3-6,11H2,1-2H3,(H,12,13)/t7-,8-/m1/s1. The van der Waals surface area contributed by atoms with Crippen molar-refractivity contribution in [1.29, 1.82) is 0 Å². The van der Waals surface area contributed by atoms with Gasteiger partial charge in [-0.25, -0.2) is 0 Å². The minimum atomic E-state index is -0.717. The van der Waals surface area contributed by atoms with Gasteiger partial charge in [-0.05, 0) is 36.6 Å². The monoisotopic (exact) mass is 185 g/mol. The number of rotatable bonds is 3. The highest BCUT2D eigenvalue weighted by molar-refractivity contribution is 5.68. The highest BCUT2D eigenvalue weighted by Gasteiger charge is 2.45. The van der Waals surface area contributed by atoms with Gasteiger partial charge in [0.25, 0.3) is 0 Å². The zero-order valence-electron chi connectivity index (χ0n) is 8.42. The van der Waals surface area contributed by atoms with Crippen molar-refractivity contribution in [3.05, 3.63) is 0 Å². The molecule has 3 nitrogen and oxygen atoms in total. The van der Waals surface area contributed by atoms with E-state index in [0.29, 0.717) is 18.4 Å². The van der Waals surface area contributed by atoms with Crippen LogP contribution in [0.2, 0.25) is 0 Å². The van der Waals surface area contributed by atoms with Crippen LogP contribution >= 0.6 is 0 Å². The Hall–Kier alpha value is -0.570. The lowest BCUT2D eigenvalue weighted by Crippen LogP contribution is -2.39. The lowest BCUT2D eigenvalue weighted by molar-refractivity contribution is -0.141. The summed E-state index contributed by atoms with van der Waals surface area (Å²) in [6, 6.07) is 0. The van der Waals surface area contributed by atoms with Gasteiger partial charge in [0.05, 0.1) is 6.42 Å². The van der Waals surface area contributed by atoms with E-state index in [0.717, 1.165) is 12.8 Å². The normalized spacial score (nSPS) is 31.9. The largest absolute Gasteiger partial charge is 0.481 e. The van der Waals surface area contributed by atoms with Gasteiger partial charge >= 0.3 is 5.97 Å². The lowest BCUT2D eigenvalue weighted by Gasteiger charge is -2.35. The quantitative estimate of drug-likeness (QED) is 0.700. The van der Waals surface area contributed by atoms with E-state index in [9.17, 15) is 4.79 Å². The third-order valence-corrected chi connectivity index (χ3v) is 3.86. The molecule has 1 aliphatic rings. The molecular weight excluding hydrogens is 166 g/mol. The Bertz CT molecular complexity index is 193. The van der Waals surface area contributed by atoms with Gasteiger partial charge in [-0.3, -0.25) is 4.79 Å². The Labute approximate surface area is 79.3 Å². The Kier molecular flexibility index (Phi) is 2.96. The molecule has 0 amide bonds. The van der Waals surface area contributed by atoms with E-state index in [1.165, 1.54) is 0 Å². The van der Waals surface area contributed by atoms with Crippen molar-refractivity contribution in [1.82, 2.24) is 0 Å². The molecule has 3 heteroatoms. The van der Waals surface area contributed by atoms with E-state index < -0.39 is 5.97 Å². The molecule has 0 aromatic heterocycles. The van der Waals surface area contributed by atoms with Crippen LogP contribution in [-0.2, 0) is 4.79 Å². The summed E-state index contributed by atoms with van der Waals surface area (Å²) in [7, 11) is 0. The molecule has 1 saturated carbocycles. The first-order chi connectivity index (χ1) is 6.03. The second-order valence-corrected chi connectivity index (χ2v) is 4.39. The Morgan fingerprint density at radius 3 is 2.23 bits per heavy atom. The SMILES string of the molecule is C[C@@H]1CC[C@@H](C)C1(CN)CC(=O)O. The van der Waals surface area contributed by atoms with Crippen molar-refractivity contribution in [2.24, 2.45) is 23.0 Å². The molecule has 0 heterocycles. The van der Waals surface area contributed by atoms with Crippen molar-refractivity contribution in [2.45, 2.75) is 33.1 Å². The summed E-state index contributed by atoms with van der Waals surface area (Å²) in [5, 5.41) is 8.85. The average Bonchev–Trinajstić information content (AvgIpc) is 2.32. The van der Waals surface area contributed by atoms with Gasteiger partial charge in [0, 0.05) is 0 Å². The summed E-state index contributed by atoms with van der Waals surface area (Å²) in [6.45, 7) is 4.75. The van der Waals surface area contributed by atoms with Crippen molar-refractivity contribution in [3.8, 4) is 0 Å². The van der Waals surface area contributed by atoms with Gasteiger partial charge in [-0.15, -0.1) is 0 Å². The van der Waals surface area contributed by atoms with Gasteiger partial charge in [0.2, 0.25) is 0 Å². The number of carboxylic acid groups (broad SMARTS) is 1. The molecular formula is C10H19NO2. The molecule has 0 saturated heterocycles. The van der Waals surface area contributed by atoms with E-state index in [1.54, 1.807) is 0 Å². The van der Waals surface area contributed by atoms with Gasteiger partial charge in [0.1, 0.15) is 0 Å². The predicted molar refractivity (Wildman–Crippen MR) is 51.3 cm³/mol. The van der Waals surface area contributed by atoms with E-state index in [-0.39, 0.29) is 11.8 Å². The van der Waals surface area contributed by atoms with Crippen LogP contribution in [0, 0.1) is 17.3 Å². The molecule has 0 unspecified atom stereocenters. The minimum absolute atomic E-state index is 0.147. The molecule has 0 aromatic rings. The topological polar surface area (TPSA) is 63.3 Å². The van der Waals surface area contributed by atoms with Gasteiger partial charge in [0.15, 0.2) is 0 Å². The van der Waals surface area contributed by atoms with Crippen molar-refractivity contribution >= 4 is 5.97 Å². The number of nitrogens with two attached hydrogens (primary N) is 1. The van der Waals surface area contributed by atoms with Crippen LogP contribution in [0.15, 0.2) is 0 Å². The fourth-order valence-corrected chi connectivity index (χ4v) is 2.67. The summed E-state index contributed by atoms with van der Waals surface area (Å²) in [5.41, 5.74) is 5.59. The van der Waals surface area contributed by atoms with Crippen LogP contribution in [0.4, 0.5) is 0 Å².